The Hall–Kier alpha value is -1.04. The Morgan fingerprint density at radius 2 is 2.08 bits per heavy atom. The molecular weight excluding hydrogens is 156 g/mol. The Morgan fingerprint density at radius 3 is 2.69 bits per heavy atom. The van der Waals surface area contributed by atoms with E-state index in [9.17, 15) is 0 Å². The number of rotatable bonds is 2. The molecule has 0 bridgehead atoms. The third-order valence-electron chi connectivity index (χ3n) is 2.30. The van der Waals surface area contributed by atoms with Gasteiger partial charge in [0.25, 0.3) is 0 Å². The van der Waals surface area contributed by atoms with E-state index < -0.39 is 0 Å². The van der Waals surface area contributed by atoms with Gasteiger partial charge < -0.3 is 0 Å². The molecule has 0 radical (unpaired) electrons. The molecule has 0 aromatic heterocycles. The summed E-state index contributed by atoms with van der Waals surface area (Å²) in [6.45, 7) is 6.48. The van der Waals surface area contributed by atoms with Gasteiger partial charge in [-0.25, -0.2) is 0 Å². The number of hydrogen-bond donors (Lipinski definition) is 0. The molecule has 0 N–H and O–H groups in total. The number of hydrogen-bond acceptors (Lipinski definition) is 0. The van der Waals surface area contributed by atoms with Crippen LogP contribution in [0, 0.1) is 6.92 Å². The van der Waals surface area contributed by atoms with Crippen molar-refractivity contribution in [1.82, 2.24) is 0 Å². The average Bonchev–Trinajstić information content (AvgIpc) is 2.15. The Labute approximate surface area is 80.6 Å². The summed E-state index contributed by atoms with van der Waals surface area (Å²) in [5, 5.41) is 2.76. The molecule has 0 aliphatic rings. The maximum Gasteiger partial charge on any atom is -0.0201 e. The largest absolute Gasteiger partial charge is 0.0795 e. The standard InChI is InChI=1S/C13H18/c1-4-6-9-12-10-7-8-11(3)13(12)5-2/h5,7-10H,4,6H2,1-3H3/b12-9-,13-5-. The molecular formula is C13H18. The van der Waals surface area contributed by atoms with Gasteiger partial charge in [-0.2, -0.15) is 0 Å². The molecule has 1 aromatic rings. The quantitative estimate of drug-likeness (QED) is 0.645. The van der Waals surface area contributed by atoms with Crippen LogP contribution in [-0.2, 0) is 0 Å². The van der Waals surface area contributed by atoms with E-state index in [1.54, 1.807) is 0 Å². The van der Waals surface area contributed by atoms with E-state index in [4.69, 9.17) is 0 Å². The summed E-state index contributed by atoms with van der Waals surface area (Å²) in [5.41, 5.74) is 1.37. The lowest BCUT2D eigenvalue weighted by Crippen LogP contribution is -2.26. The van der Waals surface area contributed by atoms with Gasteiger partial charge in [-0.05, 0) is 36.3 Å². The number of benzene rings is 1. The van der Waals surface area contributed by atoms with Crippen LogP contribution in [-0.4, -0.2) is 0 Å². The van der Waals surface area contributed by atoms with Crippen molar-refractivity contribution in [2.24, 2.45) is 0 Å². The van der Waals surface area contributed by atoms with Crippen molar-refractivity contribution in [3.63, 3.8) is 0 Å². The molecule has 1 aromatic carbocycles. The second kappa shape index (κ2) is 4.86. The normalized spacial score (nSPS) is 13.8. The third-order valence-corrected chi connectivity index (χ3v) is 2.30. The first-order chi connectivity index (χ1) is 6.29. The van der Waals surface area contributed by atoms with Crippen molar-refractivity contribution in [1.29, 1.82) is 0 Å². The second-order valence-corrected chi connectivity index (χ2v) is 3.36. The topological polar surface area (TPSA) is 0 Å². The molecule has 0 unspecified atom stereocenters. The van der Waals surface area contributed by atoms with Crippen molar-refractivity contribution in [3.8, 4) is 0 Å². The lowest BCUT2D eigenvalue weighted by molar-refractivity contribution is 0.991. The molecule has 0 atom stereocenters. The van der Waals surface area contributed by atoms with Crippen LogP contribution in [0.25, 0.3) is 12.2 Å². The van der Waals surface area contributed by atoms with Crippen LogP contribution in [0.4, 0.5) is 0 Å². The van der Waals surface area contributed by atoms with Gasteiger partial charge in [-0.1, -0.05) is 43.7 Å². The van der Waals surface area contributed by atoms with E-state index in [0.717, 1.165) is 0 Å². The van der Waals surface area contributed by atoms with E-state index in [1.807, 2.05) is 0 Å². The summed E-state index contributed by atoms with van der Waals surface area (Å²) in [6, 6.07) is 6.49. The fraction of sp³-hybridized carbons (Fsp3) is 0.385. The minimum Gasteiger partial charge on any atom is -0.0795 e. The molecule has 0 saturated carbocycles. The van der Waals surface area contributed by atoms with Crippen LogP contribution in [0.2, 0.25) is 0 Å². The lowest BCUT2D eigenvalue weighted by atomic mass is 10.1. The third kappa shape index (κ3) is 2.45. The Bertz CT molecular complexity index is 372. The molecule has 70 valence electrons. The molecule has 13 heavy (non-hydrogen) atoms. The summed E-state index contributed by atoms with van der Waals surface area (Å²) in [7, 11) is 0. The van der Waals surface area contributed by atoms with Crippen molar-refractivity contribution < 1.29 is 0 Å². The van der Waals surface area contributed by atoms with E-state index in [0.29, 0.717) is 0 Å². The summed E-state index contributed by atoms with van der Waals surface area (Å²) in [6.07, 6.45) is 6.90. The Kier molecular flexibility index (Phi) is 3.75. The van der Waals surface area contributed by atoms with Gasteiger partial charge in [-0.15, -0.1) is 0 Å². The van der Waals surface area contributed by atoms with Gasteiger partial charge in [0.1, 0.15) is 0 Å². The van der Waals surface area contributed by atoms with E-state index in [-0.39, 0.29) is 0 Å². The molecule has 0 amide bonds. The van der Waals surface area contributed by atoms with Gasteiger partial charge in [0, 0.05) is 0 Å². The van der Waals surface area contributed by atoms with Gasteiger partial charge >= 0.3 is 0 Å². The van der Waals surface area contributed by atoms with Crippen molar-refractivity contribution in [3.05, 3.63) is 34.2 Å². The zero-order valence-corrected chi connectivity index (χ0v) is 8.80. The van der Waals surface area contributed by atoms with E-state index >= 15 is 0 Å². The van der Waals surface area contributed by atoms with Crippen LogP contribution in [0.5, 0.6) is 0 Å². The predicted molar refractivity (Wildman–Crippen MR) is 59.9 cm³/mol. The summed E-state index contributed by atoms with van der Waals surface area (Å²) >= 11 is 0. The molecule has 1 rings (SSSR count). The maximum atomic E-state index is 2.32. The van der Waals surface area contributed by atoms with Crippen LogP contribution in [0.1, 0.15) is 32.3 Å². The molecule has 0 aliphatic carbocycles. The van der Waals surface area contributed by atoms with Crippen molar-refractivity contribution in [2.75, 3.05) is 0 Å². The smallest absolute Gasteiger partial charge is 0.0201 e. The molecule has 0 aliphatic heterocycles. The minimum atomic E-state index is 1.17. The van der Waals surface area contributed by atoms with Gasteiger partial charge in [0.2, 0.25) is 0 Å². The fourth-order valence-corrected chi connectivity index (χ4v) is 1.58. The number of unbranched alkanes of at least 4 members (excludes halogenated alkanes) is 1. The molecule has 0 spiro atoms. The zero-order valence-electron chi connectivity index (χ0n) is 8.80. The van der Waals surface area contributed by atoms with Gasteiger partial charge in [0.05, 0.1) is 0 Å². The highest BCUT2D eigenvalue weighted by molar-refractivity contribution is 5.34. The van der Waals surface area contributed by atoms with Crippen LogP contribution < -0.4 is 10.4 Å². The van der Waals surface area contributed by atoms with Crippen LogP contribution in [0.3, 0.4) is 0 Å². The van der Waals surface area contributed by atoms with Crippen LogP contribution in [0.15, 0.2) is 18.2 Å². The summed E-state index contributed by atoms with van der Waals surface area (Å²) in [4.78, 5) is 0. The highest BCUT2D eigenvalue weighted by atomic mass is 13.9. The van der Waals surface area contributed by atoms with Crippen molar-refractivity contribution in [2.45, 2.75) is 33.6 Å². The lowest BCUT2D eigenvalue weighted by Gasteiger charge is -1.95. The first kappa shape index (κ1) is 10.0. The molecule has 0 heterocycles. The maximum absolute atomic E-state index is 2.32. The summed E-state index contributed by atoms with van der Waals surface area (Å²) < 4.78 is 0. The van der Waals surface area contributed by atoms with Crippen molar-refractivity contribution >= 4 is 12.2 Å². The average molecular weight is 174 g/mol. The predicted octanol–water partition coefficient (Wildman–Crippen LogP) is 2.38. The zero-order chi connectivity index (χ0) is 9.68. The fourth-order valence-electron chi connectivity index (χ4n) is 1.58. The highest BCUT2D eigenvalue weighted by Gasteiger charge is 1.87. The minimum absolute atomic E-state index is 1.17. The summed E-state index contributed by atoms with van der Waals surface area (Å²) in [5.74, 6) is 0. The van der Waals surface area contributed by atoms with E-state index in [2.05, 4.69) is 51.1 Å². The SMILES string of the molecule is C/C=c1/c(C)ccc/c1=C/CCC. The molecule has 0 heteroatoms. The molecule has 0 fully saturated rings. The first-order valence-electron chi connectivity index (χ1n) is 5.01. The Balaban J connectivity index is 3.30. The van der Waals surface area contributed by atoms with Gasteiger partial charge in [0.15, 0.2) is 0 Å². The van der Waals surface area contributed by atoms with Gasteiger partial charge in [-0.3, -0.25) is 0 Å². The monoisotopic (exact) mass is 174 g/mol. The molecule has 0 nitrogen and oxygen atoms in total. The molecule has 0 saturated heterocycles. The van der Waals surface area contributed by atoms with Crippen LogP contribution >= 0.6 is 0 Å². The number of aryl methyl sites for hydroxylation is 1. The first-order valence-corrected chi connectivity index (χ1v) is 5.01. The van der Waals surface area contributed by atoms with E-state index in [1.165, 1.54) is 28.8 Å². The highest BCUT2D eigenvalue weighted by Crippen LogP contribution is 1.88. The Morgan fingerprint density at radius 1 is 1.31 bits per heavy atom. The second-order valence-electron chi connectivity index (χ2n) is 3.36.